The van der Waals surface area contributed by atoms with Gasteiger partial charge in [-0.3, -0.25) is 4.79 Å². The Morgan fingerprint density at radius 2 is 1.77 bits per heavy atom. The van der Waals surface area contributed by atoms with Crippen molar-refractivity contribution in [2.45, 2.75) is 17.4 Å². The van der Waals surface area contributed by atoms with Crippen LogP contribution in [0.3, 0.4) is 0 Å². The molecule has 2 aromatic carbocycles. The molecule has 30 heavy (non-hydrogen) atoms. The molecule has 2 heterocycles. The summed E-state index contributed by atoms with van der Waals surface area (Å²) in [7, 11) is -4.00. The lowest BCUT2D eigenvalue weighted by atomic mass is 10.0. The smallest absolute Gasteiger partial charge is 0.322 e. The maximum absolute atomic E-state index is 12.8. The largest absolute Gasteiger partial charge is 0.480 e. The Labute approximate surface area is 173 Å². The Kier molecular flexibility index (Phi) is 5.35. The fraction of sp³-hybridized carbons (Fsp3) is 0.0909. The van der Waals surface area contributed by atoms with Crippen molar-refractivity contribution >= 4 is 27.0 Å². The zero-order valence-electron chi connectivity index (χ0n) is 15.8. The Hall–Kier alpha value is -3.49. The first-order valence-electron chi connectivity index (χ1n) is 9.26. The second-order valence-corrected chi connectivity index (χ2v) is 8.54. The molecular weight excluding hydrogens is 402 g/mol. The van der Waals surface area contributed by atoms with E-state index in [4.69, 9.17) is 0 Å². The number of nitrogens with one attached hydrogen (secondary N) is 2. The quantitative estimate of drug-likeness (QED) is 0.424. The summed E-state index contributed by atoms with van der Waals surface area (Å²) in [5.74, 6) is -1.23. The van der Waals surface area contributed by atoms with E-state index in [1.165, 1.54) is 12.1 Å². The first-order chi connectivity index (χ1) is 14.4. The number of aliphatic carboxylic acids is 1. The van der Waals surface area contributed by atoms with E-state index in [2.05, 4.69) is 14.7 Å². The number of H-pyrrole nitrogens is 1. The average Bonchev–Trinajstić information content (AvgIpc) is 3.23. The molecule has 0 unspecified atom stereocenters. The molecule has 152 valence electrons. The molecule has 0 fully saturated rings. The van der Waals surface area contributed by atoms with Gasteiger partial charge in [0.2, 0.25) is 10.0 Å². The molecule has 4 rings (SSSR count). The van der Waals surface area contributed by atoms with E-state index in [0.29, 0.717) is 0 Å². The fourth-order valence-electron chi connectivity index (χ4n) is 3.31. The van der Waals surface area contributed by atoms with Crippen LogP contribution in [-0.2, 0) is 21.2 Å². The number of benzene rings is 2. The summed E-state index contributed by atoms with van der Waals surface area (Å²) in [4.78, 5) is 18.9. The number of carboxylic acids is 1. The molecule has 0 bridgehead atoms. The zero-order valence-corrected chi connectivity index (χ0v) is 16.6. The number of rotatable bonds is 7. The van der Waals surface area contributed by atoms with Gasteiger partial charge in [0.15, 0.2) is 0 Å². The standard InChI is InChI=1S/C22H19N3O4S/c26-22(27)20(14-15-4-2-1-3-5-15)25-30(28,29)17-8-6-16(7-9-17)18-10-12-23-21-19(18)11-13-24-21/h1-13,20,25H,14H2,(H,23,24)(H,26,27)/t20-/m0/s1. The van der Waals surface area contributed by atoms with Crippen LogP contribution >= 0.6 is 0 Å². The normalized spacial score (nSPS) is 12.7. The van der Waals surface area contributed by atoms with Crippen LogP contribution in [0.2, 0.25) is 0 Å². The van der Waals surface area contributed by atoms with E-state index in [0.717, 1.165) is 27.7 Å². The van der Waals surface area contributed by atoms with E-state index < -0.39 is 22.0 Å². The lowest BCUT2D eigenvalue weighted by Gasteiger charge is -2.15. The molecule has 0 spiro atoms. The number of aromatic nitrogens is 2. The van der Waals surface area contributed by atoms with Gasteiger partial charge >= 0.3 is 5.97 Å². The minimum absolute atomic E-state index is 0.00457. The van der Waals surface area contributed by atoms with Crippen LogP contribution in [0, 0.1) is 0 Å². The minimum atomic E-state index is -4.00. The van der Waals surface area contributed by atoms with Crippen molar-refractivity contribution in [3.05, 3.63) is 84.7 Å². The molecule has 0 aliphatic rings. The molecule has 0 aliphatic heterocycles. The summed E-state index contributed by atoms with van der Waals surface area (Å²) in [6.07, 6.45) is 3.53. The molecule has 3 N–H and O–H groups in total. The Morgan fingerprint density at radius 1 is 1.03 bits per heavy atom. The van der Waals surface area contributed by atoms with Crippen molar-refractivity contribution in [1.82, 2.24) is 14.7 Å². The number of carboxylic acid groups (broad SMARTS) is 1. The summed E-state index contributed by atoms with van der Waals surface area (Å²) in [6.45, 7) is 0. The van der Waals surface area contributed by atoms with Crippen LogP contribution in [0.25, 0.3) is 22.2 Å². The van der Waals surface area contributed by atoms with Crippen molar-refractivity contribution in [2.75, 3.05) is 0 Å². The lowest BCUT2D eigenvalue weighted by Crippen LogP contribution is -2.42. The molecule has 0 saturated heterocycles. The zero-order chi connectivity index (χ0) is 21.1. The van der Waals surface area contributed by atoms with Crippen molar-refractivity contribution in [1.29, 1.82) is 0 Å². The van der Waals surface area contributed by atoms with Crippen molar-refractivity contribution < 1.29 is 18.3 Å². The van der Waals surface area contributed by atoms with Gasteiger partial charge in [0.25, 0.3) is 0 Å². The van der Waals surface area contributed by atoms with Gasteiger partial charge in [0.05, 0.1) is 4.90 Å². The predicted molar refractivity (Wildman–Crippen MR) is 113 cm³/mol. The summed E-state index contributed by atoms with van der Waals surface area (Å²) < 4.78 is 27.8. The third kappa shape index (κ3) is 4.10. The first kappa shape index (κ1) is 19.8. The van der Waals surface area contributed by atoms with Crippen LogP contribution in [-0.4, -0.2) is 35.5 Å². The van der Waals surface area contributed by atoms with Gasteiger partial charge in [-0.25, -0.2) is 13.4 Å². The number of sulfonamides is 1. The van der Waals surface area contributed by atoms with Crippen molar-refractivity contribution in [3.8, 4) is 11.1 Å². The number of hydrogen-bond donors (Lipinski definition) is 3. The Bertz CT molecular complexity index is 1280. The van der Waals surface area contributed by atoms with Crippen LogP contribution in [0.1, 0.15) is 5.56 Å². The van der Waals surface area contributed by atoms with Crippen LogP contribution in [0.15, 0.2) is 84.0 Å². The molecule has 2 aromatic heterocycles. The first-order valence-corrected chi connectivity index (χ1v) is 10.7. The number of aromatic amines is 1. The fourth-order valence-corrected chi connectivity index (χ4v) is 4.50. The van der Waals surface area contributed by atoms with Gasteiger partial charge in [0.1, 0.15) is 11.7 Å². The average molecular weight is 421 g/mol. The van der Waals surface area contributed by atoms with E-state index >= 15 is 0 Å². The summed E-state index contributed by atoms with van der Waals surface area (Å²) in [5.41, 5.74) is 3.23. The second kappa shape index (κ2) is 8.10. The molecular formula is C22H19N3O4S. The molecule has 0 amide bonds. The second-order valence-electron chi connectivity index (χ2n) is 6.82. The highest BCUT2D eigenvalue weighted by Gasteiger charge is 2.25. The monoisotopic (exact) mass is 421 g/mol. The third-order valence-corrected chi connectivity index (χ3v) is 6.30. The summed E-state index contributed by atoms with van der Waals surface area (Å²) in [5, 5.41) is 10.4. The Morgan fingerprint density at radius 3 is 2.47 bits per heavy atom. The topological polar surface area (TPSA) is 112 Å². The molecule has 0 saturated carbocycles. The van der Waals surface area contributed by atoms with Gasteiger partial charge in [-0.15, -0.1) is 0 Å². The summed E-state index contributed by atoms with van der Waals surface area (Å²) in [6, 6.07) is 17.7. The maximum atomic E-state index is 12.8. The van der Waals surface area contributed by atoms with Crippen LogP contribution in [0.4, 0.5) is 0 Å². The highest BCUT2D eigenvalue weighted by atomic mass is 32.2. The highest BCUT2D eigenvalue weighted by molar-refractivity contribution is 7.89. The van der Waals surface area contributed by atoms with Gasteiger partial charge in [0, 0.05) is 17.8 Å². The highest BCUT2D eigenvalue weighted by Crippen LogP contribution is 2.27. The van der Waals surface area contributed by atoms with Gasteiger partial charge in [-0.05, 0) is 47.4 Å². The van der Waals surface area contributed by atoms with E-state index in [-0.39, 0.29) is 11.3 Å². The van der Waals surface area contributed by atoms with Crippen molar-refractivity contribution in [3.63, 3.8) is 0 Å². The van der Waals surface area contributed by atoms with E-state index in [1.807, 2.05) is 18.2 Å². The molecule has 4 aromatic rings. The van der Waals surface area contributed by atoms with E-state index in [9.17, 15) is 18.3 Å². The number of carbonyl (C=O) groups is 1. The maximum Gasteiger partial charge on any atom is 0.322 e. The van der Waals surface area contributed by atoms with Crippen molar-refractivity contribution in [2.24, 2.45) is 0 Å². The number of pyridine rings is 1. The molecule has 0 radical (unpaired) electrons. The number of hydrogen-bond acceptors (Lipinski definition) is 4. The molecule has 0 aliphatic carbocycles. The number of nitrogens with zero attached hydrogens (tertiary/aromatic N) is 1. The molecule has 1 atom stereocenters. The molecule has 8 heteroatoms. The molecule has 7 nitrogen and oxygen atoms in total. The van der Waals surface area contributed by atoms with Crippen LogP contribution in [0.5, 0.6) is 0 Å². The Balaban J connectivity index is 1.58. The van der Waals surface area contributed by atoms with Gasteiger partial charge in [-0.1, -0.05) is 42.5 Å². The summed E-state index contributed by atoms with van der Waals surface area (Å²) >= 11 is 0. The third-order valence-electron chi connectivity index (χ3n) is 4.81. The predicted octanol–water partition coefficient (Wildman–Crippen LogP) is 3.20. The lowest BCUT2D eigenvalue weighted by molar-refractivity contribution is -0.138. The van der Waals surface area contributed by atoms with Gasteiger partial charge in [-0.2, -0.15) is 4.72 Å². The van der Waals surface area contributed by atoms with Crippen LogP contribution < -0.4 is 4.72 Å². The van der Waals surface area contributed by atoms with Gasteiger partial charge < -0.3 is 10.1 Å². The van der Waals surface area contributed by atoms with E-state index in [1.54, 1.807) is 48.8 Å². The minimum Gasteiger partial charge on any atom is -0.480 e. The SMILES string of the molecule is O=C(O)[C@H](Cc1ccccc1)NS(=O)(=O)c1ccc(-c2ccnc3[nH]ccc23)cc1. The number of fused-ring (bicyclic) bond motifs is 1.